The summed E-state index contributed by atoms with van der Waals surface area (Å²) in [5.74, 6) is 0.565. The Morgan fingerprint density at radius 3 is 2.25 bits per heavy atom. The van der Waals surface area contributed by atoms with E-state index >= 15 is 0 Å². The Hall–Kier alpha value is -2.66. The van der Waals surface area contributed by atoms with Crippen molar-refractivity contribution in [3.63, 3.8) is 0 Å². The predicted molar refractivity (Wildman–Crippen MR) is 114 cm³/mol. The molecule has 2 aromatic carbocycles. The molecule has 28 heavy (non-hydrogen) atoms. The summed E-state index contributed by atoms with van der Waals surface area (Å²) in [7, 11) is 1.59. The van der Waals surface area contributed by atoms with E-state index in [1.807, 2.05) is 30.3 Å². The number of rotatable bonds is 8. The highest BCUT2D eigenvalue weighted by molar-refractivity contribution is 6.16. The monoisotopic (exact) mass is 380 g/mol. The first-order valence-electron chi connectivity index (χ1n) is 9.80. The third-order valence-electron chi connectivity index (χ3n) is 5.51. The first-order chi connectivity index (χ1) is 13.4. The molecule has 1 aromatic heterocycles. The number of hydrogen-bond acceptors (Lipinski definition) is 4. The van der Waals surface area contributed by atoms with Gasteiger partial charge in [-0.15, -0.1) is 0 Å². The molecule has 148 valence electrons. The van der Waals surface area contributed by atoms with Gasteiger partial charge in [-0.3, -0.25) is 9.59 Å². The molecule has 0 saturated heterocycles. The second-order valence-corrected chi connectivity index (χ2v) is 7.06. The summed E-state index contributed by atoms with van der Waals surface area (Å²) in [6, 6.07) is 9.61. The maximum atomic E-state index is 12.1. The number of carbonyl (C=O) groups is 2. The van der Waals surface area contributed by atoms with Crippen LogP contribution in [0, 0.1) is 0 Å². The Kier molecular flexibility index (Phi) is 5.84. The van der Waals surface area contributed by atoms with Crippen LogP contribution in [0.25, 0.3) is 21.8 Å². The smallest absolute Gasteiger partial charge is 0.163 e. The average Bonchev–Trinajstić information content (AvgIpc) is 3.01. The molecule has 0 radical (unpaired) electrons. The van der Waals surface area contributed by atoms with Crippen molar-refractivity contribution in [1.29, 1.82) is 0 Å². The molecule has 0 aliphatic carbocycles. The molecule has 0 atom stereocenters. The van der Waals surface area contributed by atoms with Gasteiger partial charge in [0.05, 0.1) is 23.6 Å². The molecular formula is C23H28N2O3. The van der Waals surface area contributed by atoms with E-state index in [9.17, 15) is 9.59 Å². The third kappa shape index (κ3) is 3.42. The van der Waals surface area contributed by atoms with Gasteiger partial charge in [-0.05, 0) is 57.3 Å². The van der Waals surface area contributed by atoms with E-state index in [0.29, 0.717) is 16.9 Å². The lowest BCUT2D eigenvalue weighted by Crippen LogP contribution is -2.26. The maximum Gasteiger partial charge on any atom is 0.163 e. The van der Waals surface area contributed by atoms with Crippen LogP contribution in [-0.2, 0) is 6.54 Å². The van der Waals surface area contributed by atoms with Gasteiger partial charge in [0.2, 0.25) is 0 Å². The molecule has 0 N–H and O–H groups in total. The summed E-state index contributed by atoms with van der Waals surface area (Å²) in [5, 5.41) is 1.84. The summed E-state index contributed by atoms with van der Waals surface area (Å²) in [6.45, 7) is 11.2. The van der Waals surface area contributed by atoms with Crippen LogP contribution >= 0.6 is 0 Å². The van der Waals surface area contributed by atoms with Crippen LogP contribution in [0.4, 0.5) is 0 Å². The summed E-state index contributed by atoms with van der Waals surface area (Å²) in [5.41, 5.74) is 3.28. The van der Waals surface area contributed by atoms with Gasteiger partial charge >= 0.3 is 0 Å². The fourth-order valence-corrected chi connectivity index (χ4v) is 3.89. The van der Waals surface area contributed by atoms with Crippen molar-refractivity contribution < 1.29 is 14.3 Å². The minimum absolute atomic E-state index is 0.0210. The van der Waals surface area contributed by atoms with Gasteiger partial charge in [0.15, 0.2) is 11.6 Å². The van der Waals surface area contributed by atoms with Gasteiger partial charge in [-0.1, -0.05) is 13.8 Å². The van der Waals surface area contributed by atoms with E-state index in [2.05, 4.69) is 23.3 Å². The van der Waals surface area contributed by atoms with E-state index < -0.39 is 0 Å². The standard InChI is InChI=1S/C23H28N2O3/c1-6-24(7-2)12-13-25-20-10-8-17(15(3)26)14-19(20)22-21(25)11-9-18(16(4)27)23(22)28-5/h8-11,14H,6-7,12-13H2,1-5H3. The van der Waals surface area contributed by atoms with Crippen molar-refractivity contribution in [2.24, 2.45) is 0 Å². The number of ether oxygens (including phenoxy) is 1. The van der Waals surface area contributed by atoms with E-state index in [1.165, 1.54) is 0 Å². The molecule has 0 bridgehead atoms. The van der Waals surface area contributed by atoms with Gasteiger partial charge < -0.3 is 14.2 Å². The molecule has 0 aliphatic rings. The molecule has 0 fully saturated rings. The van der Waals surface area contributed by atoms with Crippen LogP contribution in [0.2, 0.25) is 0 Å². The Morgan fingerprint density at radius 2 is 1.68 bits per heavy atom. The number of aromatic nitrogens is 1. The van der Waals surface area contributed by atoms with Crippen LogP contribution < -0.4 is 4.74 Å². The summed E-state index contributed by atoms with van der Waals surface area (Å²) in [6.07, 6.45) is 0. The Bertz CT molecular complexity index is 1050. The van der Waals surface area contributed by atoms with Crippen molar-refractivity contribution in [1.82, 2.24) is 9.47 Å². The molecule has 5 nitrogen and oxygen atoms in total. The van der Waals surface area contributed by atoms with Gasteiger partial charge in [0.1, 0.15) is 5.75 Å². The van der Waals surface area contributed by atoms with Crippen LogP contribution in [0.15, 0.2) is 30.3 Å². The van der Waals surface area contributed by atoms with Gasteiger partial charge in [-0.2, -0.15) is 0 Å². The average molecular weight is 380 g/mol. The highest BCUT2D eigenvalue weighted by Crippen LogP contribution is 2.38. The van der Waals surface area contributed by atoms with Crippen molar-refractivity contribution in [3.8, 4) is 5.75 Å². The summed E-state index contributed by atoms with van der Waals surface area (Å²) < 4.78 is 7.94. The van der Waals surface area contributed by atoms with Crippen molar-refractivity contribution >= 4 is 33.4 Å². The molecule has 0 spiro atoms. The molecule has 3 aromatic rings. The minimum Gasteiger partial charge on any atom is -0.495 e. The zero-order valence-electron chi connectivity index (χ0n) is 17.3. The van der Waals surface area contributed by atoms with Crippen LogP contribution in [0.5, 0.6) is 5.75 Å². The number of carbonyl (C=O) groups excluding carboxylic acids is 2. The van der Waals surface area contributed by atoms with E-state index in [1.54, 1.807) is 21.0 Å². The maximum absolute atomic E-state index is 12.1. The molecule has 0 aliphatic heterocycles. The molecule has 5 heteroatoms. The van der Waals surface area contributed by atoms with E-state index in [0.717, 1.165) is 48.0 Å². The molecule has 0 unspecified atom stereocenters. The second kappa shape index (κ2) is 8.15. The summed E-state index contributed by atoms with van der Waals surface area (Å²) >= 11 is 0. The SMILES string of the molecule is CCN(CC)CCn1c2ccc(C(C)=O)cc2c2c(OC)c(C(C)=O)ccc21. The first-order valence-corrected chi connectivity index (χ1v) is 9.80. The fraction of sp³-hybridized carbons (Fsp3) is 0.391. The minimum atomic E-state index is -0.0366. The zero-order valence-corrected chi connectivity index (χ0v) is 17.3. The number of likely N-dealkylation sites (N-methyl/N-ethyl adjacent to an activating group) is 1. The highest BCUT2D eigenvalue weighted by atomic mass is 16.5. The van der Waals surface area contributed by atoms with Crippen molar-refractivity contribution in [2.75, 3.05) is 26.7 Å². The quantitative estimate of drug-likeness (QED) is 0.538. The zero-order chi connectivity index (χ0) is 20.4. The lowest BCUT2D eigenvalue weighted by atomic mass is 10.0. The number of nitrogens with zero attached hydrogens (tertiary/aromatic N) is 2. The number of benzene rings is 2. The lowest BCUT2D eigenvalue weighted by Gasteiger charge is -2.19. The third-order valence-corrected chi connectivity index (χ3v) is 5.51. The molecular weight excluding hydrogens is 352 g/mol. The molecule has 3 rings (SSSR count). The van der Waals surface area contributed by atoms with Crippen LogP contribution in [-0.4, -0.2) is 47.8 Å². The molecule has 0 saturated carbocycles. The Balaban J connectivity index is 2.32. The van der Waals surface area contributed by atoms with Crippen molar-refractivity contribution in [2.45, 2.75) is 34.2 Å². The van der Waals surface area contributed by atoms with Crippen molar-refractivity contribution in [3.05, 3.63) is 41.5 Å². The highest BCUT2D eigenvalue weighted by Gasteiger charge is 2.20. The summed E-state index contributed by atoms with van der Waals surface area (Å²) in [4.78, 5) is 26.5. The number of ketones is 2. The largest absolute Gasteiger partial charge is 0.495 e. The second-order valence-electron chi connectivity index (χ2n) is 7.06. The van der Waals surface area contributed by atoms with E-state index in [4.69, 9.17) is 4.74 Å². The normalized spacial score (nSPS) is 11.5. The van der Waals surface area contributed by atoms with Crippen LogP contribution in [0.1, 0.15) is 48.4 Å². The number of methoxy groups -OCH3 is 1. The molecule has 0 amide bonds. The van der Waals surface area contributed by atoms with Gasteiger partial charge in [0, 0.05) is 29.6 Å². The Labute approximate surface area is 165 Å². The number of fused-ring (bicyclic) bond motifs is 3. The van der Waals surface area contributed by atoms with E-state index in [-0.39, 0.29) is 11.6 Å². The number of hydrogen-bond donors (Lipinski definition) is 0. The topological polar surface area (TPSA) is 51.5 Å². The van der Waals surface area contributed by atoms with Gasteiger partial charge in [0.25, 0.3) is 0 Å². The molecule has 1 heterocycles. The van der Waals surface area contributed by atoms with Crippen LogP contribution in [0.3, 0.4) is 0 Å². The lowest BCUT2D eigenvalue weighted by molar-refractivity contribution is 0.100. The predicted octanol–water partition coefficient (Wildman–Crippen LogP) is 4.55. The van der Waals surface area contributed by atoms with Gasteiger partial charge in [-0.25, -0.2) is 0 Å². The first kappa shape index (κ1) is 20.1. The Morgan fingerprint density at radius 1 is 1.00 bits per heavy atom. The fourth-order valence-electron chi connectivity index (χ4n) is 3.89. The number of Topliss-reactive ketones (excluding diaryl/α,β-unsaturated/α-hetero) is 2.